The molecule has 0 spiro atoms. The van der Waals surface area contributed by atoms with Crippen LogP contribution < -0.4 is 0 Å². The van der Waals surface area contributed by atoms with Gasteiger partial charge in [0.05, 0.1) is 12.4 Å². The minimum absolute atomic E-state index is 0.0828. The predicted molar refractivity (Wildman–Crippen MR) is 84.3 cm³/mol. The standard InChI is InChI=1S/C9H13Cl3N2O4S2/c1-4-17-7(15)5-19-6(2)13-18-8(16)14(3)20-9(10,11)12/h4-5H2,1-3H3. The topological polar surface area (TPSA) is 68.2 Å². The van der Waals surface area contributed by atoms with Crippen LogP contribution >= 0.6 is 58.5 Å². The molecule has 6 nitrogen and oxygen atoms in total. The second-order valence-electron chi connectivity index (χ2n) is 3.10. The highest BCUT2D eigenvalue weighted by Crippen LogP contribution is 2.40. The lowest BCUT2D eigenvalue weighted by atomic mass is 10.8. The molecule has 20 heavy (non-hydrogen) atoms. The number of carbonyl (C=O) groups is 2. The number of halogens is 3. The summed E-state index contributed by atoms with van der Waals surface area (Å²) in [6.07, 6.45) is -0.808. The Kier molecular flexibility index (Phi) is 9.82. The molecule has 0 saturated heterocycles. The third-order valence-electron chi connectivity index (χ3n) is 1.45. The molecular formula is C9H13Cl3N2O4S2. The predicted octanol–water partition coefficient (Wildman–Crippen LogP) is 3.66. The summed E-state index contributed by atoms with van der Waals surface area (Å²) in [5, 5.41) is 3.93. The fourth-order valence-corrected chi connectivity index (χ4v) is 2.60. The largest absolute Gasteiger partial charge is 0.465 e. The van der Waals surface area contributed by atoms with Gasteiger partial charge in [0.15, 0.2) is 0 Å². The fraction of sp³-hybridized carbons (Fsp3) is 0.667. The number of esters is 1. The van der Waals surface area contributed by atoms with E-state index < -0.39 is 9.22 Å². The SMILES string of the molecule is CCOC(=O)CSC(C)=NOC(=O)N(C)SC(Cl)(Cl)Cl. The van der Waals surface area contributed by atoms with Gasteiger partial charge in [-0.25, -0.2) is 9.10 Å². The van der Waals surface area contributed by atoms with Crippen molar-refractivity contribution in [1.82, 2.24) is 4.31 Å². The first kappa shape index (κ1) is 20.0. The number of hydrogen-bond donors (Lipinski definition) is 0. The van der Waals surface area contributed by atoms with Crippen molar-refractivity contribution in [3.05, 3.63) is 0 Å². The van der Waals surface area contributed by atoms with Gasteiger partial charge in [-0.3, -0.25) is 9.63 Å². The third-order valence-corrected chi connectivity index (χ3v) is 3.58. The van der Waals surface area contributed by atoms with Crippen LogP contribution in [0.3, 0.4) is 0 Å². The van der Waals surface area contributed by atoms with Crippen molar-refractivity contribution in [3.63, 3.8) is 0 Å². The highest BCUT2D eigenvalue weighted by atomic mass is 35.6. The van der Waals surface area contributed by atoms with Crippen molar-refractivity contribution in [2.75, 3.05) is 19.4 Å². The number of ether oxygens (including phenoxy) is 1. The van der Waals surface area contributed by atoms with Crippen molar-refractivity contribution in [2.45, 2.75) is 17.0 Å². The van der Waals surface area contributed by atoms with Crippen LogP contribution in [0.5, 0.6) is 0 Å². The van der Waals surface area contributed by atoms with Crippen molar-refractivity contribution in [1.29, 1.82) is 0 Å². The highest BCUT2D eigenvalue weighted by molar-refractivity contribution is 8.14. The molecule has 0 aliphatic carbocycles. The molecule has 0 rings (SSSR count). The lowest BCUT2D eigenvalue weighted by Crippen LogP contribution is -2.22. The maximum atomic E-state index is 11.5. The molecule has 0 unspecified atom stereocenters. The van der Waals surface area contributed by atoms with Gasteiger partial charge < -0.3 is 4.74 Å². The monoisotopic (exact) mass is 382 g/mol. The van der Waals surface area contributed by atoms with Gasteiger partial charge in [0.2, 0.25) is 0 Å². The molecule has 0 N–H and O–H groups in total. The smallest absolute Gasteiger partial charge is 0.445 e. The Morgan fingerprint density at radius 1 is 1.35 bits per heavy atom. The lowest BCUT2D eigenvalue weighted by molar-refractivity contribution is -0.139. The summed E-state index contributed by atoms with van der Waals surface area (Å²) >= 11 is 18.2. The minimum Gasteiger partial charge on any atom is -0.465 e. The average molecular weight is 384 g/mol. The first-order valence-electron chi connectivity index (χ1n) is 5.19. The molecule has 11 heteroatoms. The number of amides is 1. The van der Waals surface area contributed by atoms with E-state index in [9.17, 15) is 9.59 Å². The maximum Gasteiger partial charge on any atom is 0.445 e. The third kappa shape index (κ3) is 10.7. The van der Waals surface area contributed by atoms with Gasteiger partial charge in [0.25, 0.3) is 3.12 Å². The summed E-state index contributed by atoms with van der Waals surface area (Å²) in [6, 6.07) is 0. The van der Waals surface area contributed by atoms with E-state index >= 15 is 0 Å². The Morgan fingerprint density at radius 2 is 1.95 bits per heavy atom. The molecule has 0 heterocycles. The van der Waals surface area contributed by atoms with Gasteiger partial charge in [-0.15, -0.1) is 0 Å². The molecule has 116 valence electrons. The summed E-state index contributed by atoms with van der Waals surface area (Å²) < 4.78 is 4.04. The van der Waals surface area contributed by atoms with Crippen molar-refractivity contribution in [2.24, 2.45) is 5.16 Å². The summed E-state index contributed by atoms with van der Waals surface area (Å²) in [5.41, 5.74) is 0. The molecule has 0 fully saturated rings. The summed E-state index contributed by atoms with van der Waals surface area (Å²) in [5.74, 6) is -0.290. The zero-order valence-corrected chi connectivity index (χ0v) is 14.8. The molecule has 0 aromatic carbocycles. The van der Waals surface area contributed by atoms with Gasteiger partial charge in [-0.05, 0) is 13.8 Å². The van der Waals surface area contributed by atoms with Gasteiger partial charge in [-0.1, -0.05) is 51.7 Å². The van der Waals surface area contributed by atoms with Crippen LogP contribution in [0.15, 0.2) is 5.16 Å². The van der Waals surface area contributed by atoms with E-state index in [2.05, 4.69) is 9.99 Å². The van der Waals surface area contributed by atoms with E-state index in [0.29, 0.717) is 23.6 Å². The summed E-state index contributed by atoms with van der Waals surface area (Å²) in [7, 11) is 1.37. The Bertz CT molecular complexity index is 377. The molecular weight excluding hydrogens is 371 g/mol. The molecule has 0 bridgehead atoms. The molecule has 0 aromatic heterocycles. The normalized spacial score (nSPS) is 12.0. The highest BCUT2D eigenvalue weighted by Gasteiger charge is 2.27. The van der Waals surface area contributed by atoms with E-state index in [1.54, 1.807) is 13.8 Å². The zero-order chi connectivity index (χ0) is 15.8. The van der Waals surface area contributed by atoms with Gasteiger partial charge in [0, 0.05) is 19.0 Å². The number of oxime groups is 1. The zero-order valence-electron chi connectivity index (χ0n) is 10.9. The molecule has 1 amide bonds. The molecule has 0 aliphatic rings. The van der Waals surface area contributed by atoms with Crippen LogP contribution in [0, 0.1) is 0 Å². The Labute approximate surface area is 140 Å². The van der Waals surface area contributed by atoms with Gasteiger partial charge in [-0.2, -0.15) is 0 Å². The number of hydrogen-bond acceptors (Lipinski definition) is 7. The molecule has 0 radical (unpaired) electrons. The van der Waals surface area contributed by atoms with Crippen LogP contribution in [-0.2, 0) is 14.4 Å². The van der Waals surface area contributed by atoms with Crippen LogP contribution in [-0.4, -0.2) is 43.9 Å². The molecule has 0 aliphatic heterocycles. The van der Waals surface area contributed by atoms with Gasteiger partial charge >= 0.3 is 12.1 Å². The van der Waals surface area contributed by atoms with E-state index in [-0.39, 0.29) is 11.7 Å². The Balaban J connectivity index is 4.14. The van der Waals surface area contributed by atoms with Crippen molar-refractivity contribution < 1.29 is 19.2 Å². The van der Waals surface area contributed by atoms with Crippen LogP contribution in [0.1, 0.15) is 13.8 Å². The Morgan fingerprint density at radius 3 is 2.45 bits per heavy atom. The van der Waals surface area contributed by atoms with Crippen molar-refractivity contribution in [3.8, 4) is 0 Å². The first-order valence-corrected chi connectivity index (χ1v) is 8.08. The quantitative estimate of drug-likeness (QED) is 0.137. The second-order valence-corrected chi connectivity index (χ2v) is 8.56. The number of nitrogens with zero attached hydrogens (tertiary/aromatic N) is 2. The fourth-order valence-electron chi connectivity index (χ4n) is 0.746. The van der Waals surface area contributed by atoms with Crippen LogP contribution in [0.2, 0.25) is 0 Å². The average Bonchev–Trinajstić information content (AvgIpc) is 2.31. The maximum absolute atomic E-state index is 11.5. The van der Waals surface area contributed by atoms with Gasteiger partial charge in [0.1, 0.15) is 5.04 Å². The number of alkyl halides is 3. The van der Waals surface area contributed by atoms with E-state index in [0.717, 1.165) is 16.1 Å². The van der Waals surface area contributed by atoms with E-state index in [1.165, 1.54) is 7.05 Å². The van der Waals surface area contributed by atoms with E-state index in [4.69, 9.17) is 39.5 Å². The van der Waals surface area contributed by atoms with Crippen LogP contribution in [0.25, 0.3) is 0 Å². The second kappa shape index (κ2) is 9.83. The minimum atomic E-state index is -1.68. The van der Waals surface area contributed by atoms with Crippen LogP contribution in [0.4, 0.5) is 4.79 Å². The summed E-state index contributed by atoms with van der Waals surface area (Å²) in [4.78, 5) is 27.2. The molecule has 0 saturated carbocycles. The lowest BCUT2D eigenvalue weighted by Gasteiger charge is -2.17. The number of rotatable bonds is 5. The van der Waals surface area contributed by atoms with E-state index in [1.807, 2.05) is 0 Å². The summed E-state index contributed by atoms with van der Waals surface area (Å²) in [6.45, 7) is 3.60. The number of carbonyl (C=O) groups excluding carboxylic acids is 2. The Hall–Kier alpha value is -0.0200. The van der Waals surface area contributed by atoms with Crippen molar-refractivity contribution >= 4 is 75.6 Å². The number of thioether (sulfide) groups is 1. The first-order chi connectivity index (χ1) is 9.15. The molecule has 0 atom stereocenters. The molecule has 0 aromatic rings.